The lowest BCUT2D eigenvalue weighted by Gasteiger charge is -2.01. The number of hydrogen-bond acceptors (Lipinski definition) is 3. The van der Waals surface area contributed by atoms with E-state index in [9.17, 15) is 4.79 Å². The average molecular weight is 261 g/mol. The summed E-state index contributed by atoms with van der Waals surface area (Å²) in [6, 6.07) is 5.08. The third-order valence-electron chi connectivity index (χ3n) is 1.62. The zero-order valence-corrected chi connectivity index (χ0v) is 10.0. The maximum Gasteiger partial charge on any atom is 0.427 e. The van der Waals surface area contributed by atoms with Crippen molar-refractivity contribution in [2.45, 2.75) is 6.92 Å². The van der Waals surface area contributed by atoms with E-state index in [2.05, 4.69) is 15.3 Å². The number of ether oxygens (including phenoxy) is 1. The number of carbonyl (C=O) groups is 1. The van der Waals surface area contributed by atoms with Gasteiger partial charge in [0.2, 0.25) is 0 Å². The molecule has 0 saturated heterocycles. The van der Waals surface area contributed by atoms with Crippen LogP contribution in [-0.4, -0.2) is 18.9 Å². The Morgan fingerprint density at radius 3 is 2.69 bits per heavy atom. The Labute approximate surface area is 103 Å². The van der Waals surface area contributed by atoms with E-state index in [1.54, 1.807) is 25.1 Å². The molecule has 1 N–H and O–H groups in total. The first-order valence-electron chi connectivity index (χ1n) is 4.55. The summed E-state index contributed by atoms with van der Waals surface area (Å²) in [5.41, 5.74) is 2.72. The van der Waals surface area contributed by atoms with Gasteiger partial charge in [0.05, 0.1) is 22.9 Å². The summed E-state index contributed by atoms with van der Waals surface area (Å²) in [5, 5.41) is 4.58. The summed E-state index contributed by atoms with van der Waals surface area (Å²) < 4.78 is 4.61. The lowest BCUT2D eigenvalue weighted by Crippen LogP contribution is -2.18. The second-order valence-electron chi connectivity index (χ2n) is 2.73. The highest BCUT2D eigenvalue weighted by atomic mass is 35.5. The van der Waals surface area contributed by atoms with Crippen molar-refractivity contribution in [1.82, 2.24) is 5.43 Å². The molecule has 0 aliphatic carbocycles. The zero-order valence-electron chi connectivity index (χ0n) is 8.54. The highest BCUT2D eigenvalue weighted by Crippen LogP contribution is 2.21. The summed E-state index contributed by atoms with van der Waals surface area (Å²) in [6.07, 6.45) is 0.739. The number of rotatable bonds is 3. The SMILES string of the molecule is CCOC(=O)N/N=C\c1c(Cl)cccc1Cl. The fraction of sp³-hybridized carbons (Fsp3) is 0.200. The standard InChI is InChI=1S/C10H10Cl2N2O2/c1-2-16-10(15)14-13-6-7-8(11)4-3-5-9(7)12/h3-6H,2H2,1H3,(H,14,15)/b13-6-. The average Bonchev–Trinajstić information content (AvgIpc) is 2.23. The molecular formula is C10H10Cl2N2O2. The van der Waals surface area contributed by atoms with Crippen LogP contribution in [0, 0.1) is 0 Å². The second kappa shape index (κ2) is 6.35. The second-order valence-corrected chi connectivity index (χ2v) is 3.54. The van der Waals surface area contributed by atoms with Crippen molar-refractivity contribution in [3.05, 3.63) is 33.8 Å². The van der Waals surface area contributed by atoms with Gasteiger partial charge in [0.15, 0.2) is 0 Å². The molecule has 1 amide bonds. The number of hydrogen-bond donors (Lipinski definition) is 1. The minimum atomic E-state index is -0.623. The van der Waals surface area contributed by atoms with Crippen molar-refractivity contribution in [1.29, 1.82) is 0 Å². The van der Waals surface area contributed by atoms with E-state index < -0.39 is 6.09 Å². The van der Waals surface area contributed by atoms with E-state index in [1.807, 2.05) is 0 Å². The van der Waals surface area contributed by atoms with Crippen molar-refractivity contribution < 1.29 is 9.53 Å². The van der Waals surface area contributed by atoms with Crippen LogP contribution < -0.4 is 5.43 Å². The van der Waals surface area contributed by atoms with Crippen LogP contribution in [0.25, 0.3) is 0 Å². The minimum Gasteiger partial charge on any atom is -0.449 e. The van der Waals surface area contributed by atoms with Gasteiger partial charge in [0.25, 0.3) is 0 Å². The third kappa shape index (κ3) is 3.72. The molecule has 0 fully saturated rings. The van der Waals surface area contributed by atoms with Crippen LogP contribution in [0.2, 0.25) is 10.0 Å². The Bertz CT molecular complexity index is 388. The van der Waals surface area contributed by atoms with Gasteiger partial charge in [-0.1, -0.05) is 29.3 Å². The molecule has 0 heterocycles. The van der Waals surface area contributed by atoms with Crippen LogP contribution >= 0.6 is 23.2 Å². The van der Waals surface area contributed by atoms with Gasteiger partial charge in [-0.25, -0.2) is 10.2 Å². The molecule has 16 heavy (non-hydrogen) atoms. The van der Waals surface area contributed by atoms with Gasteiger partial charge in [-0.05, 0) is 19.1 Å². The summed E-state index contributed by atoms with van der Waals surface area (Å²) >= 11 is 11.8. The number of benzene rings is 1. The Kier molecular flexibility index (Phi) is 5.08. The fourth-order valence-corrected chi connectivity index (χ4v) is 1.44. The van der Waals surface area contributed by atoms with Crippen LogP contribution in [0.3, 0.4) is 0 Å². The highest BCUT2D eigenvalue weighted by Gasteiger charge is 2.02. The number of amides is 1. The van der Waals surface area contributed by atoms with Gasteiger partial charge < -0.3 is 4.74 Å². The van der Waals surface area contributed by atoms with Crippen molar-refractivity contribution >= 4 is 35.5 Å². The predicted molar refractivity (Wildman–Crippen MR) is 64.2 cm³/mol. The lowest BCUT2D eigenvalue weighted by molar-refractivity contribution is 0.152. The normalized spacial score (nSPS) is 10.4. The molecule has 0 bridgehead atoms. The Morgan fingerprint density at radius 1 is 1.50 bits per heavy atom. The van der Waals surface area contributed by atoms with Gasteiger partial charge in [0.1, 0.15) is 0 Å². The van der Waals surface area contributed by atoms with Gasteiger partial charge >= 0.3 is 6.09 Å². The molecule has 0 aliphatic rings. The number of hydrazone groups is 1. The summed E-state index contributed by atoms with van der Waals surface area (Å²) in [5.74, 6) is 0. The van der Waals surface area contributed by atoms with Gasteiger partial charge in [0, 0.05) is 5.56 Å². The van der Waals surface area contributed by atoms with E-state index >= 15 is 0 Å². The van der Waals surface area contributed by atoms with Crippen molar-refractivity contribution in [2.24, 2.45) is 5.10 Å². The molecular weight excluding hydrogens is 251 g/mol. The molecule has 0 saturated carbocycles. The molecule has 1 rings (SSSR count). The van der Waals surface area contributed by atoms with Gasteiger partial charge in [-0.2, -0.15) is 5.10 Å². The molecule has 6 heteroatoms. The van der Waals surface area contributed by atoms with E-state index in [0.717, 1.165) is 0 Å². The molecule has 1 aromatic carbocycles. The number of nitrogens with zero attached hydrogens (tertiary/aromatic N) is 1. The highest BCUT2D eigenvalue weighted by molar-refractivity contribution is 6.38. The first-order chi connectivity index (χ1) is 7.65. The van der Waals surface area contributed by atoms with E-state index in [-0.39, 0.29) is 6.61 Å². The number of nitrogens with one attached hydrogen (secondary N) is 1. The summed E-state index contributed by atoms with van der Waals surface area (Å²) in [4.78, 5) is 10.9. The zero-order chi connectivity index (χ0) is 12.0. The van der Waals surface area contributed by atoms with E-state index in [0.29, 0.717) is 15.6 Å². The number of halogens is 2. The predicted octanol–water partition coefficient (Wildman–Crippen LogP) is 3.07. The quantitative estimate of drug-likeness (QED) is 0.671. The molecule has 0 unspecified atom stereocenters. The largest absolute Gasteiger partial charge is 0.449 e. The van der Waals surface area contributed by atoms with Crippen LogP contribution in [0.1, 0.15) is 12.5 Å². The topological polar surface area (TPSA) is 50.7 Å². The van der Waals surface area contributed by atoms with E-state index in [1.165, 1.54) is 6.21 Å². The Balaban J connectivity index is 2.66. The minimum absolute atomic E-state index is 0.286. The summed E-state index contributed by atoms with van der Waals surface area (Å²) in [6.45, 7) is 1.99. The maximum absolute atomic E-state index is 10.9. The smallest absolute Gasteiger partial charge is 0.427 e. The lowest BCUT2D eigenvalue weighted by atomic mass is 10.2. The molecule has 1 aromatic rings. The van der Waals surface area contributed by atoms with Crippen molar-refractivity contribution in [2.75, 3.05) is 6.61 Å². The van der Waals surface area contributed by atoms with Crippen molar-refractivity contribution in [3.63, 3.8) is 0 Å². The first-order valence-corrected chi connectivity index (χ1v) is 5.30. The fourth-order valence-electron chi connectivity index (χ4n) is 0.947. The van der Waals surface area contributed by atoms with E-state index in [4.69, 9.17) is 23.2 Å². The molecule has 0 spiro atoms. The molecule has 0 atom stereocenters. The Morgan fingerprint density at radius 2 is 2.12 bits per heavy atom. The monoisotopic (exact) mass is 260 g/mol. The maximum atomic E-state index is 10.9. The van der Waals surface area contributed by atoms with Crippen LogP contribution in [0.15, 0.2) is 23.3 Å². The molecule has 0 aromatic heterocycles. The molecule has 86 valence electrons. The van der Waals surface area contributed by atoms with Crippen LogP contribution in [-0.2, 0) is 4.74 Å². The molecule has 0 radical (unpaired) electrons. The molecule has 4 nitrogen and oxygen atoms in total. The third-order valence-corrected chi connectivity index (χ3v) is 2.28. The molecule has 0 aliphatic heterocycles. The summed E-state index contributed by atoms with van der Waals surface area (Å²) in [7, 11) is 0. The number of carbonyl (C=O) groups excluding carboxylic acids is 1. The van der Waals surface area contributed by atoms with Crippen LogP contribution in [0.5, 0.6) is 0 Å². The van der Waals surface area contributed by atoms with Gasteiger partial charge in [-0.15, -0.1) is 0 Å². The Hall–Kier alpha value is -1.26. The first kappa shape index (κ1) is 12.8. The van der Waals surface area contributed by atoms with Crippen LogP contribution in [0.4, 0.5) is 4.79 Å². The van der Waals surface area contributed by atoms with Crippen molar-refractivity contribution in [3.8, 4) is 0 Å². The van der Waals surface area contributed by atoms with Gasteiger partial charge in [-0.3, -0.25) is 0 Å².